The molecule has 94 valence electrons. The van der Waals surface area contributed by atoms with Gasteiger partial charge in [0, 0.05) is 0 Å². The summed E-state index contributed by atoms with van der Waals surface area (Å²) in [5, 5.41) is 2.72. The van der Waals surface area contributed by atoms with Crippen molar-refractivity contribution >= 4 is 78.0 Å². The van der Waals surface area contributed by atoms with Crippen LogP contribution in [0, 0.1) is 0 Å². The van der Waals surface area contributed by atoms with E-state index in [4.69, 9.17) is 19.9 Å². The Morgan fingerprint density at radius 2 is 1.22 bits per heavy atom. The van der Waals surface area contributed by atoms with Crippen molar-refractivity contribution in [3.8, 4) is 0 Å². The van der Waals surface area contributed by atoms with Gasteiger partial charge in [0.25, 0.3) is 0 Å². The summed E-state index contributed by atoms with van der Waals surface area (Å²) in [6, 6.07) is 13.1. The molecule has 0 aliphatic carbocycles. The third kappa shape index (κ3) is 4.04. The van der Waals surface area contributed by atoms with E-state index in [1.807, 2.05) is 20.0 Å². The summed E-state index contributed by atoms with van der Waals surface area (Å²) in [5.41, 5.74) is 2.78. The number of fused-ring (bicyclic) bond motifs is 1. The van der Waals surface area contributed by atoms with Crippen molar-refractivity contribution in [2.45, 2.75) is 11.5 Å². The molecular formula is C12H10As2Cl2S2. The zero-order valence-electron chi connectivity index (χ0n) is 9.35. The van der Waals surface area contributed by atoms with Crippen LogP contribution in [0.5, 0.6) is 0 Å². The van der Waals surface area contributed by atoms with E-state index < -0.39 is 0 Å². The van der Waals surface area contributed by atoms with Gasteiger partial charge in [-0.3, -0.25) is 0 Å². The predicted molar refractivity (Wildman–Crippen MR) is 89.8 cm³/mol. The van der Waals surface area contributed by atoms with Crippen LogP contribution in [0.15, 0.2) is 36.4 Å². The summed E-state index contributed by atoms with van der Waals surface area (Å²) in [6.07, 6.45) is 0. The van der Waals surface area contributed by atoms with Crippen LogP contribution in [-0.4, -0.2) is 27.3 Å². The fourth-order valence-corrected chi connectivity index (χ4v) is 6.63. The van der Waals surface area contributed by atoms with Gasteiger partial charge in [0.05, 0.1) is 0 Å². The Balaban J connectivity index is 2.38. The van der Waals surface area contributed by atoms with Gasteiger partial charge >= 0.3 is 137 Å². The Bertz CT molecular complexity index is 476. The standard InChI is InChI=1S/C12H10As2Cl2S2/c15-13-17-7-9-5-6-10(8-18-14-16)12-4-2-1-3-11(9)12/h1-6H,7-8H2. The molecule has 0 saturated carbocycles. The van der Waals surface area contributed by atoms with E-state index in [1.165, 1.54) is 21.9 Å². The zero-order chi connectivity index (χ0) is 12.8. The van der Waals surface area contributed by atoms with Crippen molar-refractivity contribution in [1.82, 2.24) is 0 Å². The Kier molecular flexibility index (Phi) is 7.23. The van der Waals surface area contributed by atoms with Crippen molar-refractivity contribution in [2.75, 3.05) is 0 Å². The number of rotatable bonds is 6. The van der Waals surface area contributed by atoms with Crippen LogP contribution < -0.4 is 0 Å². The number of hydrogen-bond donors (Lipinski definition) is 0. The van der Waals surface area contributed by atoms with Crippen LogP contribution in [-0.2, 0) is 11.5 Å². The topological polar surface area (TPSA) is 0 Å². The molecule has 0 bridgehead atoms. The first-order valence-electron chi connectivity index (χ1n) is 5.23. The molecule has 0 spiro atoms. The molecule has 2 rings (SSSR count). The molecule has 0 amide bonds. The second-order valence-electron chi connectivity index (χ2n) is 3.61. The van der Waals surface area contributed by atoms with Crippen LogP contribution >= 0.6 is 39.9 Å². The molecule has 0 aliphatic heterocycles. The maximum atomic E-state index is 5.84. The monoisotopic (exact) mass is 438 g/mol. The van der Waals surface area contributed by atoms with Crippen molar-refractivity contribution in [2.24, 2.45) is 0 Å². The molecule has 0 atom stereocenters. The Hall–Kier alpha value is 1.10. The molecular weight excluding hydrogens is 429 g/mol. The second kappa shape index (κ2) is 8.40. The minimum atomic E-state index is -0.0942. The van der Waals surface area contributed by atoms with Gasteiger partial charge in [-0.2, -0.15) is 0 Å². The van der Waals surface area contributed by atoms with Crippen LogP contribution in [0.4, 0.5) is 0 Å². The molecule has 18 heavy (non-hydrogen) atoms. The molecule has 0 unspecified atom stereocenters. The number of hydrogen-bond acceptors (Lipinski definition) is 2. The fourth-order valence-electron chi connectivity index (χ4n) is 1.86. The predicted octanol–water partition coefficient (Wildman–Crippen LogP) is 4.85. The van der Waals surface area contributed by atoms with E-state index in [-0.39, 0.29) is 27.3 Å². The summed E-state index contributed by atoms with van der Waals surface area (Å²) in [5.74, 6) is 2.03. The third-order valence-corrected chi connectivity index (χ3v) is 9.61. The van der Waals surface area contributed by atoms with Gasteiger partial charge in [0.2, 0.25) is 0 Å². The van der Waals surface area contributed by atoms with Gasteiger partial charge in [0.1, 0.15) is 0 Å². The van der Waals surface area contributed by atoms with E-state index in [0.29, 0.717) is 0 Å². The summed E-state index contributed by atoms with van der Waals surface area (Å²) in [4.78, 5) is 0. The number of halogens is 2. The number of benzene rings is 2. The first-order valence-corrected chi connectivity index (χ1v) is 16.6. The molecule has 2 aromatic carbocycles. The SMILES string of the molecule is Cl[As]SCc1ccc(CS[As]Cl)c2ccccc12. The quantitative estimate of drug-likeness (QED) is 0.591. The van der Waals surface area contributed by atoms with E-state index in [9.17, 15) is 0 Å². The molecule has 0 saturated heterocycles. The molecule has 2 radical (unpaired) electrons. The molecule has 0 aromatic heterocycles. The fraction of sp³-hybridized carbons (Fsp3) is 0.167. The first kappa shape index (κ1) is 15.5. The van der Waals surface area contributed by atoms with Crippen molar-refractivity contribution < 1.29 is 0 Å². The van der Waals surface area contributed by atoms with Crippen molar-refractivity contribution in [1.29, 1.82) is 0 Å². The summed E-state index contributed by atoms with van der Waals surface area (Å²) < 4.78 is 0. The average Bonchev–Trinajstić information content (AvgIpc) is 2.43. The molecule has 0 fully saturated rings. The van der Waals surface area contributed by atoms with Gasteiger partial charge in [0.15, 0.2) is 0 Å². The van der Waals surface area contributed by atoms with E-state index in [2.05, 4.69) is 36.4 Å². The normalized spacial score (nSPS) is 12.3. The van der Waals surface area contributed by atoms with Crippen LogP contribution in [0.1, 0.15) is 11.1 Å². The van der Waals surface area contributed by atoms with Crippen molar-refractivity contribution in [3.05, 3.63) is 47.5 Å². The van der Waals surface area contributed by atoms with Crippen LogP contribution in [0.3, 0.4) is 0 Å². The average molecular weight is 439 g/mol. The molecule has 0 nitrogen and oxygen atoms in total. The Morgan fingerprint density at radius 1 is 0.778 bits per heavy atom. The third-order valence-electron chi connectivity index (χ3n) is 2.64. The van der Waals surface area contributed by atoms with Crippen LogP contribution in [0.25, 0.3) is 10.8 Å². The zero-order valence-corrected chi connectivity index (χ0v) is 16.2. The van der Waals surface area contributed by atoms with E-state index in [0.717, 1.165) is 11.5 Å². The minimum absolute atomic E-state index is 0.0942. The molecule has 6 heteroatoms. The van der Waals surface area contributed by atoms with E-state index in [1.54, 1.807) is 0 Å². The molecule has 0 N–H and O–H groups in total. The molecule has 0 aliphatic rings. The summed E-state index contributed by atoms with van der Waals surface area (Å²) in [6.45, 7) is 0. The van der Waals surface area contributed by atoms with Gasteiger partial charge in [-0.05, 0) is 0 Å². The van der Waals surface area contributed by atoms with Gasteiger partial charge in [-0.15, -0.1) is 0 Å². The molecule has 0 heterocycles. The van der Waals surface area contributed by atoms with E-state index >= 15 is 0 Å². The van der Waals surface area contributed by atoms with Crippen molar-refractivity contribution in [3.63, 3.8) is 0 Å². The van der Waals surface area contributed by atoms with Crippen LogP contribution in [0.2, 0.25) is 0 Å². The summed E-state index contributed by atoms with van der Waals surface area (Å²) in [7, 11) is 15.4. The summed E-state index contributed by atoms with van der Waals surface area (Å²) >= 11 is -0.188. The van der Waals surface area contributed by atoms with Gasteiger partial charge in [-0.1, -0.05) is 0 Å². The Morgan fingerprint density at radius 3 is 1.61 bits per heavy atom. The van der Waals surface area contributed by atoms with Gasteiger partial charge in [-0.25, -0.2) is 0 Å². The second-order valence-corrected chi connectivity index (χ2v) is 14.3. The molecule has 2 aromatic rings. The Labute approximate surface area is 136 Å². The van der Waals surface area contributed by atoms with Gasteiger partial charge < -0.3 is 0 Å². The maximum absolute atomic E-state index is 5.84. The first-order chi connectivity index (χ1) is 8.86.